The first-order valence-corrected chi connectivity index (χ1v) is 9.44. The summed E-state index contributed by atoms with van der Waals surface area (Å²) in [6.07, 6.45) is 9.19. The fourth-order valence-electron chi connectivity index (χ4n) is 3.83. The summed E-state index contributed by atoms with van der Waals surface area (Å²) in [5.74, 6) is 1.70. The fourth-order valence-corrected chi connectivity index (χ4v) is 3.83. The van der Waals surface area contributed by atoms with Crippen LogP contribution < -0.4 is 10.6 Å². The van der Waals surface area contributed by atoms with Crippen LogP contribution in [-0.4, -0.2) is 15.6 Å². The molecule has 4 rings (SSSR count). The van der Waals surface area contributed by atoms with E-state index >= 15 is 0 Å². The summed E-state index contributed by atoms with van der Waals surface area (Å²) < 4.78 is 2.22. The van der Waals surface area contributed by atoms with E-state index in [0.717, 1.165) is 24.5 Å². The highest BCUT2D eigenvalue weighted by Crippen LogP contribution is 2.37. The molecule has 25 heavy (non-hydrogen) atoms. The second-order valence-electron chi connectivity index (χ2n) is 7.21. The van der Waals surface area contributed by atoms with Gasteiger partial charge in [0.2, 0.25) is 0 Å². The third-order valence-corrected chi connectivity index (χ3v) is 5.46. The molecule has 1 fully saturated rings. The Morgan fingerprint density at radius 3 is 2.76 bits per heavy atom. The third-order valence-electron chi connectivity index (χ3n) is 5.46. The van der Waals surface area contributed by atoms with E-state index in [9.17, 15) is 4.79 Å². The number of benzene rings is 1. The number of hydrogen-bond acceptors (Lipinski definition) is 2. The standard InChI is InChI=1S/C20H26N4O/c25-20(21-13-17-14-24-12-5-4-11-18(24)22-17)23-19(16-9-6-10-16)15-7-2-1-3-8-15/h1-3,7-8,14,16,19H,4-6,9-13H2,(H2,21,23,25)/t19-/m0/s1. The van der Waals surface area contributed by atoms with Gasteiger partial charge in [0.05, 0.1) is 18.3 Å². The zero-order valence-electron chi connectivity index (χ0n) is 14.6. The predicted octanol–water partition coefficient (Wildman–Crippen LogP) is 3.56. The number of imidazole rings is 1. The van der Waals surface area contributed by atoms with Crippen molar-refractivity contribution in [1.82, 2.24) is 20.2 Å². The Bertz CT molecular complexity index is 697. The molecule has 0 unspecified atom stereocenters. The molecule has 5 heteroatoms. The molecule has 2 N–H and O–H groups in total. The molecule has 0 radical (unpaired) electrons. The molecule has 1 aliphatic carbocycles. The summed E-state index contributed by atoms with van der Waals surface area (Å²) in [5, 5.41) is 6.17. The van der Waals surface area contributed by atoms with Gasteiger partial charge in [-0.2, -0.15) is 0 Å². The maximum absolute atomic E-state index is 12.4. The maximum atomic E-state index is 12.4. The van der Waals surface area contributed by atoms with Crippen molar-refractivity contribution in [2.24, 2.45) is 5.92 Å². The molecule has 5 nitrogen and oxygen atoms in total. The van der Waals surface area contributed by atoms with Crippen molar-refractivity contribution < 1.29 is 4.79 Å². The van der Waals surface area contributed by atoms with Gasteiger partial charge in [0.1, 0.15) is 5.82 Å². The molecule has 0 bridgehead atoms. The van der Waals surface area contributed by atoms with Crippen LogP contribution in [0.2, 0.25) is 0 Å². The molecule has 1 aliphatic heterocycles. The monoisotopic (exact) mass is 338 g/mol. The SMILES string of the molecule is O=C(NCc1cn2c(n1)CCCC2)N[C@@H](c1ccccc1)C1CCC1. The first-order valence-electron chi connectivity index (χ1n) is 9.44. The van der Waals surface area contributed by atoms with E-state index in [1.54, 1.807) is 0 Å². The Labute approximate surface area is 148 Å². The first kappa shape index (κ1) is 16.2. The third kappa shape index (κ3) is 3.70. The number of aromatic nitrogens is 2. The van der Waals surface area contributed by atoms with Crippen molar-refractivity contribution in [1.29, 1.82) is 0 Å². The number of nitrogens with one attached hydrogen (secondary N) is 2. The molecule has 1 aromatic carbocycles. The van der Waals surface area contributed by atoms with Crippen molar-refractivity contribution >= 4 is 6.03 Å². The lowest BCUT2D eigenvalue weighted by Gasteiger charge is -2.34. The minimum atomic E-state index is -0.105. The summed E-state index contributed by atoms with van der Waals surface area (Å²) in [6, 6.07) is 10.3. The highest BCUT2D eigenvalue weighted by atomic mass is 16.2. The molecule has 1 atom stereocenters. The molecule has 2 aromatic rings. The van der Waals surface area contributed by atoms with Gasteiger partial charge in [-0.1, -0.05) is 36.8 Å². The Morgan fingerprint density at radius 1 is 1.20 bits per heavy atom. The Hall–Kier alpha value is -2.30. The van der Waals surface area contributed by atoms with Crippen molar-refractivity contribution in [3.8, 4) is 0 Å². The molecule has 0 saturated heterocycles. The average molecular weight is 338 g/mol. The molecule has 0 spiro atoms. The number of urea groups is 1. The highest BCUT2D eigenvalue weighted by Gasteiger charge is 2.29. The number of amides is 2. The van der Waals surface area contributed by atoms with Crippen LogP contribution in [0.25, 0.3) is 0 Å². The van der Waals surface area contributed by atoms with E-state index in [2.05, 4.69) is 38.5 Å². The molecule has 2 aliphatic rings. The van der Waals surface area contributed by atoms with Gasteiger partial charge < -0.3 is 15.2 Å². The summed E-state index contributed by atoms with van der Waals surface area (Å²) in [6.45, 7) is 1.53. The van der Waals surface area contributed by atoms with E-state index < -0.39 is 0 Å². The smallest absolute Gasteiger partial charge is 0.315 e. The van der Waals surface area contributed by atoms with E-state index in [0.29, 0.717) is 12.5 Å². The minimum absolute atomic E-state index is 0.102. The fraction of sp³-hybridized carbons (Fsp3) is 0.500. The molecule has 1 aromatic heterocycles. The van der Waals surface area contributed by atoms with Gasteiger partial charge >= 0.3 is 6.03 Å². The molecular weight excluding hydrogens is 312 g/mol. The van der Waals surface area contributed by atoms with Crippen molar-refractivity contribution in [3.05, 3.63) is 53.6 Å². The van der Waals surface area contributed by atoms with Gasteiger partial charge in [-0.05, 0) is 37.2 Å². The number of aryl methyl sites for hydroxylation is 2. The van der Waals surface area contributed by atoms with Crippen molar-refractivity contribution in [3.63, 3.8) is 0 Å². The summed E-state index contributed by atoms with van der Waals surface area (Å²) >= 11 is 0. The number of rotatable bonds is 5. The zero-order chi connectivity index (χ0) is 17.1. The van der Waals surface area contributed by atoms with Gasteiger partial charge in [0, 0.05) is 19.2 Å². The van der Waals surface area contributed by atoms with Gasteiger partial charge in [0.25, 0.3) is 0 Å². The van der Waals surface area contributed by atoms with Crippen molar-refractivity contribution in [2.75, 3.05) is 0 Å². The number of hydrogen-bond donors (Lipinski definition) is 2. The lowest BCUT2D eigenvalue weighted by Crippen LogP contribution is -2.41. The number of fused-ring (bicyclic) bond motifs is 1. The van der Waals surface area contributed by atoms with E-state index in [4.69, 9.17) is 0 Å². The van der Waals surface area contributed by atoms with Crippen LogP contribution in [0.4, 0.5) is 4.79 Å². The topological polar surface area (TPSA) is 59.0 Å². The summed E-state index contributed by atoms with van der Waals surface area (Å²) in [5.41, 5.74) is 2.15. The van der Waals surface area contributed by atoms with Gasteiger partial charge in [-0.25, -0.2) is 9.78 Å². The van der Waals surface area contributed by atoms with Crippen LogP contribution in [0.15, 0.2) is 36.5 Å². The second-order valence-corrected chi connectivity index (χ2v) is 7.21. The second kappa shape index (κ2) is 7.30. The molecule has 1 saturated carbocycles. The molecule has 132 valence electrons. The largest absolute Gasteiger partial charge is 0.335 e. The number of carbonyl (C=O) groups is 1. The van der Waals surface area contributed by atoms with Gasteiger partial charge in [0.15, 0.2) is 0 Å². The van der Waals surface area contributed by atoms with Crippen LogP contribution in [0.3, 0.4) is 0 Å². The van der Waals surface area contributed by atoms with Gasteiger partial charge in [-0.3, -0.25) is 0 Å². The lowest BCUT2D eigenvalue weighted by molar-refractivity contribution is 0.207. The van der Waals surface area contributed by atoms with Crippen LogP contribution in [0.1, 0.15) is 55.2 Å². The number of carbonyl (C=O) groups excluding carboxylic acids is 1. The van der Waals surface area contributed by atoms with Gasteiger partial charge in [-0.15, -0.1) is 0 Å². The predicted molar refractivity (Wildman–Crippen MR) is 97.1 cm³/mol. The molecule has 2 heterocycles. The quantitative estimate of drug-likeness (QED) is 0.876. The Balaban J connectivity index is 1.36. The van der Waals surface area contributed by atoms with Crippen LogP contribution in [0.5, 0.6) is 0 Å². The maximum Gasteiger partial charge on any atom is 0.315 e. The summed E-state index contributed by atoms with van der Waals surface area (Å²) in [7, 11) is 0. The molecule has 2 amide bonds. The van der Waals surface area contributed by atoms with Crippen LogP contribution >= 0.6 is 0 Å². The molecular formula is C20H26N4O. The van der Waals surface area contributed by atoms with E-state index in [-0.39, 0.29) is 12.1 Å². The van der Waals surface area contributed by atoms with E-state index in [1.165, 1.54) is 37.7 Å². The lowest BCUT2D eigenvalue weighted by atomic mass is 9.77. The normalized spacial score (nSPS) is 18.1. The Morgan fingerprint density at radius 2 is 2.04 bits per heavy atom. The minimum Gasteiger partial charge on any atom is -0.335 e. The highest BCUT2D eigenvalue weighted by molar-refractivity contribution is 5.74. The van der Waals surface area contributed by atoms with Crippen LogP contribution in [-0.2, 0) is 19.5 Å². The number of nitrogens with zero attached hydrogens (tertiary/aromatic N) is 2. The van der Waals surface area contributed by atoms with Crippen LogP contribution in [0, 0.1) is 5.92 Å². The Kier molecular flexibility index (Phi) is 4.72. The first-order chi connectivity index (χ1) is 12.3. The summed E-state index contributed by atoms with van der Waals surface area (Å²) in [4.78, 5) is 17.1. The van der Waals surface area contributed by atoms with Crippen molar-refractivity contribution in [2.45, 2.75) is 57.7 Å². The van der Waals surface area contributed by atoms with E-state index in [1.807, 2.05) is 18.2 Å². The average Bonchev–Trinajstić information content (AvgIpc) is 3.02. The zero-order valence-corrected chi connectivity index (χ0v) is 14.6.